The summed E-state index contributed by atoms with van der Waals surface area (Å²) < 4.78 is 5.29. The van der Waals surface area contributed by atoms with Gasteiger partial charge in [0.25, 0.3) is 11.8 Å². The third-order valence-electron chi connectivity index (χ3n) is 2.53. The molecule has 0 unspecified atom stereocenters. The SMILES string of the molecule is CC(=O)NC1=NC(=O)/C(=C/c2cc(Cl)ccc2OCC(N)=O)S1. The molecule has 0 aliphatic carbocycles. The van der Waals surface area contributed by atoms with Crippen LogP contribution in [0.5, 0.6) is 5.75 Å². The van der Waals surface area contributed by atoms with Gasteiger partial charge in [-0.2, -0.15) is 4.99 Å². The van der Waals surface area contributed by atoms with Gasteiger partial charge in [0.15, 0.2) is 11.8 Å². The van der Waals surface area contributed by atoms with Gasteiger partial charge in [0.2, 0.25) is 5.91 Å². The summed E-state index contributed by atoms with van der Waals surface area (Å²) in [5, 5.41) is 3.08. The number of halogens is 1. The van der Waals surface area contributed by atoms with E-state index in [1.165, 1.54) is 13.0 Å². The molecular weight excluding hydrogens is 342 g/mol. The summed E-state index contributed by atoms with van der Waals surface area (Å²) in [4.78, 5) is 37.7. The number of rotatable bonds is 4. The zero-order valence-electron chi connectivity index (χ0n) is 12.0. The maximum Gasteiger partial charge on any atom is 0.286 e. The minimum absolute atomic E-state index is 0.204. The van der Waals surface area contributed by atoms with Crippen LogP contribution in [-0.4, -0.2) is 29.5 Å². The number of carbonyl (C=O) groups is 3. The number of hydrogen-bond donors (Lipinski definition) is 2. The van der Waals surface area contributed by atoms with E-state index in [4.69, 9.17) is 22.1 Å². The molecule has 9 heteroatoms. The number of benzene rings is 1. The minimum Gasteiger partial charge on any atom is -0.483 e. The molecule has 0 spiro atoms. The second-order valence-corrected chi connectivity index (χ2v) is 5.92. The first-order valence-corrected chi connectivity index (χ1v) is 7.55. The average Bonchev–Trinajstić information content (AvgIpc) is 2.76. The number of hydrogen-bond acceptors (Lipinski definition) is 5. The smallest absolute Gasteiger partial charge is 0.286 e. The number of carbonyl (C=O) groups excluding carboxylic acids is 3. The quantitative estimate of drug-likeness (QED) is 0.793. The molecule has 23 heavy (non-hydrogen) atoms. The van der Waals surface area contributed by atoms with Gasteiger partial charge in [-0.25, -0.2) is 0 Å². The first kappa shape index (κ1) is 17.0. The number of amidine groups is 1. The molecule has 0 atom stereocenters. The van der Waals surface area contributed by atoms with Crippen molar-refractivity contribution in [1.82, 2.24) is 5.32 Å². The molecule has 3 amide bonds. The summed E-state index contributed by atoms with van der Waals surface area (Å²) >= 11 is 6.97. The van der Waals surface area contributed by atoms with Gasteiger partial charge < -0.3 is 15.8 Å². The van der Waals surface area contributed by atoms with Crippen molar-refractivity contribution in [2.24, 2.45) is 10.7 Å². The van der Waals surface area contributed by atoms with E-state index >= 15 is 0 Å². The molecule has 0 bridgehead atoms. The Morgan fingerprint density at radius 2 is 2.22 bits per heavy atom. The number of primary amides is 1. The van der Waals surface area contributed by atoms with Crippen LogP contribution in [0, 0.1) is 0 Å². The van der Waals surface area contributed by atoms with Gasteiger partial charge in [-0.1, -0.05) is 11.6 Å². The highest BCUT2D eigenvalue weighted by molar-refractivity contribution is 8.18. The van der Waals surface area contributed by atoms with Crippen molar-refractivity contribution in [1.29, 1.82) is 0 Å². The van der Waals surface area contributed by atoms with E-state index in [-0.39, 0.29) is 17.7 Å². The highest BCUT2D eigenvalue weighted by atomic mass is 35.5. The molecule has 2 rings (SSSR count). The van der Waals surface area contributed by atoms with Gasteiger partial charge in [0.05, 0.1) is 4.91 Å². The van der Waals surface area contributed by atoms with Gasteiger partial charge in [-0.05, 0) is 36.0 Å². The van der Waals surface area contributed by atoms with Crippen LogP contribution in [0.15, 0.2) is 28.1 Å². The zero-order chi connectivity index (χ0) is 17.0. The van der Waals surface area contributed by atoms with Crippen molar-refractivity contribution < 1.29 is 19.1 Å². The van der Waals surface area contributed by atoms with Crippen molar-refractivity contribution in [3.8, 4) is 5.75 Å². The Kier molecular flexibility index (Phi) is 5.41. The van der Waals surface area contributed by atoms with Crippen molar-refractivity contribution >= 4 is 52.3 Å². The van der Waals surface area contributed by atoms with Crippen LogP contribution >= 0.6 is 23.4 Å². The predicted molar refractivity (Wildman–Crippen MR) is 88.0 cm³/mol. The number of thioether (sulfide) groups is 1. The van der Waals surface area contributed by atoms with Crippen molar-refractivity contribution in [2.75, 3.05) is 6.61 Å². The monoisotopic (exact) mass is 353 g/mol. The van der Waals surface area contributed by atoms with E-state index in [9.17, 15) is 14.4 Å². The summed E-state index contributed by atoms with van der Waals surface area (Å²) in [7, 11) is 0. The van der Waals surface area contributed by atoms with Crippen molar-refractivity contribution in [2.45, 2.75) is 6.92 Å². The standard InChI is InChI=1S/C14H12ClN3O4S/c1-7(19)17-14-18-13(21)11(23-14)5-8-4-9(15)2-3-10(8)22-6-12(16)20/h2-5H,6H2,1H3,(H2,16,20)(H,17,18,19,21)/b11-5-. The van der Waals surface area contributed by atoms with E-state index in [1.54, 1.807) is 18.2 Å². The fourth-order valence-corrected chi connectivity index (χ4v) is 2.70. The largest absolute Gasteiger partial charge is 0.483 e. The lowest BCUT2D eigenvalue weighted by atomic mass is 10.2. The summed E-state index contributed by atoms with van der Waals surface area (Å²) in [5.41, 5.74) is 5.54. The molecule has 7 nitrogen and oxygen atoms in total. The highest BCUT2D eigenvalue weighted by Gasteiger charge is 2.23. The number of nitrogens with zero attached hydrogens (tertiary/aromatic N) is 1. The van der Waals surface area contributed by atoms with E-state index in [0.29, 0.717) is 21.2 Å². The average molecular weight is 354 g/mol. The molecule has 0 aromatic heterocycles. The van der Waals surface area contributed by atoms with Crippen LogP contribution in [0.4, 0.5) is 0 Å². The lowest BCUT2D eigenvalue weighted by Gasteiger charge is -2.08. The highest BCUT2D eigenvalue weighted by Crippen LogP contribution is 2.31. The molecule has 0 fully saturated rings. The Balaban J connectivity index is 2.25. The molecule has 1 aliphatic heterocycles. The number of aliphatic imine (C=N–C) groups is 1. The zero-order valence-corrected chi connectivity index (χ0v) is 13.5. The van der Waals surface area contributed by atoms with Crippen molar-refractivity contribution in [3.05, 3.63) is 33.7 Å². The van der Waals surface area contributed by atoms with E-state index in [1.807, 2.05) is 0 Å². The second-order valence-electron chi connectivity index (χ2n) is 4.45. The number of nitrogens with two attached hydrogens (primary N) is 1. The Bertz CT molecular complexity index is 746. The first-order valence-electron chi connectivity index (χ1n) is 6.36. The summed E-state index contributed by atoms with van der Waals surface area (Å²) in [6, 6.07) is 4.73. The van der Waals surface area contributed by atoms with Crippen molar-refractivity contribution in [3.63, 3.8) is 0 Å². The van der Waals surface area contributed by atoms with E-state index < -0.39 is 11.8 Å². The van der Waals surface area contributed by atoms with Gasteiger partial charge in [-0.15, -0.1) is 0 Å². The lowest BCUT2D eigenvalue weighted by Crippen LogP contribution is -2.23. The number of ether oxygens (including phenoxy) is 1. The van der Waals surface area contributed by atoms with Gasteiger partial charge >= 0.3 is 0 Å². The fourth-order valence-electron chi connectivity index (χ4n) is 1.67. The van der Waals surface area contributed by atoms with Gasteiger partial charge in [0.1, 0.15) is 5.75 Å². The minimum atomic E-state index is -0.624. The maximum absolute atomic E-state index is 11.9. The van der Waals surface area contributed by atoms with Crippen LogP contribution in [0.1, 0.15) is 12.5 Å². The molecule has 1 aromatic carbocycles. The molecule has 1 heterocycles. The Morgan fingerprint density at radius 1 is 1.48 bits per heavy atom. The van der Waals surface area contributed by atoms with Crippen LogP contribution in [0.3, 0.4) is 0 Å². The molecule has 0 saturated heterocycles. The maximum atomic E-state index is 11.9. The summed E-state index contributed by atoms with van der Waals surface area (Å²) in [6.07, 6.45) is 1.52. The summed E-state index contributed by atoms with van der Waals surface area (Å²) in [6.45, 7) is 1.02. The molecule has 0 saturated carbocycles. The Morgan fingerprint density at radius 3 is 2.87 bits per heavy atom. The third-order valence-corrected chi connectivity index (χ3v) is 3.67. The molecular formula is C14H12ClN3O4S. The lowest BCUT2D eigenvalue weighted by molar-refractivity contribution is -0.120. The third kappa shape index (κ3) is 4.83. The second kappa shape index (κ2) is 7.30. The molecule has 1 aliphatic rings. The Labute approximate surface area is 140 Å². The van der Waals surface area contributed by atoms with Gasteiger partial charge in [-0.3, -0.25) is 14.4 Å². The number of amides is 3. The van der Waals surface area contributed by atoms with Crippen LogP contribution < -0.4 is 15.8 Å². The first-order chi connectivity index (χ1) is 10.8. The van der Waals surface area contributed by atoms with E-state index in [2.05, 4.69) is 10.3 Å². The van der Waals surface area contributed by atoms with Gasteiger partial charge in [0, 0.05) is 17.5 Å². The van der Waals surface area contributed by atoms with Crippen LogP contribution in [0.2, 0.25) is 5.02 Å². The Hall–Kier alpha value is -2.32. The molecule has 0 radical (unpaired) electrons. The summed E-state index contributed by atoms with van der Waals surface area (Å²) in [5.74, 6) is -1.08. The van der Waals surface area contributed by atoms with Crippen LogP contribution in [0.25, 0.3) is 6.08 Å². The molecule has 3 N–H and O–H groups in total. The fraction of sp³-hybridized carbons (Fsp3) is 0.143. The normalized spacial score (nSPS) is 15.5. The van der Waals surface area contributed by atoms with Crippen LogP contribution in [-0.2, 0) is 14.4 Å². The molecule has 1 aromatic rings. The topological polar surface area (TPSA) is 111 Å². The predicted octanol–water partition coefficient (Wildman–Crippen LogP) is 1.31. The molecule has 120 valence electrons. The van der Waals surface area contributed by atoms with E-state index in [0.717, 1.165) is 11.8 Å². The number of nitrogens with one attached hydrogen (secondary N) is 1.